The van der Waals surface area contributed by atoms with E-state index in [-0.39, 0.29) is 34.0 Å². The predicted molar refractivity (Wildman–Crippen MR) is 163 cm³/mol. The zero-order chi connectivity index (χ0) is 36.0. The third-order valence-corrected chi connectivity index (χ3v) is 7.36. The Morgan fingerprint density at radius 3 is 1.10 bits per heavy atom. The van der Waals surface area contributed by atoms with Gasteiger partial charge in [0.25, 0.3) is 23.6 Å². The van der Waals surface area contributed by atoms with Crippen molar-refractivity contribution in [2.75, 3.05) is 9.80 Å². The van der Waals surface area contributed by atoms with Gasteiger partial charge in [-0.05, 0) is 84.9 Å². The molecule has 0 radical (unpaired) electrons. The Morgan fingerprint density at radius 2 is 0.800 bits per heavy atom. The number of rotatable bonds is 8. The Balaban J connectivity index is 1.16. The van der Waals surface area contributed by atoms with Crippen molar-refractivity contribution in [2.45, 2.75) is 12.4 Å². The summed E-state index contributed by atoms with van der Waals surface area (Å²) >= 11 is 0. The van der Waals surface area contributed by atoms with Crippen LogP contribution in [0, 0.1) is 0 Å². The lowest BCUT2D eigenvalue weighted by Crippen LogP contribution is -2.29. The number of carbonyl (C=O) groups is 5. The number of benzene rings is 4. The van der Waals surface area contributed by atoms with E-state index in [4.69, 9.17) is 9.47 Å². The highest BCUT2D eigenvalue weighted by Gasteiger charge is 2.38. The molecule has 2 heterocycles. The van der Waals surface area contributed by atoms with Gasteiger partial charge in [-0.25, -0.2) is 9.80 Å². The van der Waals surface area contributed by atoms with Crippen LogP contribution in [0.4, 0.5) is 37.7 Å². The first-order valence-electron chi connectivity index (χ1n) is 14.3. The second-order valence-corrected chi connectivity index (χ2v) is 10.6. The number of nitrogens with zero attached hydrogens (tertiary/aromatic N) is 2. The van der Waals surface area contributed by atoms with E-state index in [0.29, 0.717) is 21.9 Å². The average molecular weight is 693 g/mol. The molecule has 0 saturated heterocycles. The summed E-state index contributed by atoms with van der Waals surface area (Å²) in [7, 11) is 0. The van der Waals surface area contributed by atoms with E-state index < -0.39 is 64.4 Å². The standard InChI is InChI=1S/C35H18F6N2O7/c36-34(37,38)25-17-21(42-29(44)13-14-30(42)45)5-11-27(25)49-23-7-1-19(2-8-23)33(48)20-3-9-24(10-4-20)50-28-12-6-22(18-26(28)35(39,40)41)43-31(46)15-16-32(43)47/h1-18H. The molecular formula is C35H18F6N2O7. The van der Waals surface area contributed by atoms with E-state index in [0.717, 1.165) is 48.6 Å². The van der Waals surface area contributed by atoms with Crippen LogP contribution in [0.5, 0.6) is 23.0 Å². The molecule has 4 aromatic carbocycles. The van der Waals surface area contributed by atoms with Crippen LogP contribution in [-0.4, -0.2) is 29.4 Å². The molecule has 0 aliphatic carbocycles. The molecule has 50 heavy (non-hydrogen) atoms. The molecule has 0 saturated carbocycles. The second-order valence-electron chi connectivity index (χ2n) is 10.6. The van der Waals surface area contributed by atoms with Crippen LogP contribution >= 0.6 is 0 Å². The van der Waals surface area contributed by atoms with Crippen LogP contribution in [0.2, 0.25) is 0 Å². The summed E-state index contributed by atoms with van der Waals surface area (Å²) < 4.78 is 94.1. The number of hydrogen-bond donors (Lipinski definition) is 0. The molecule has 0 N–H and O–H groups in total. The number of amides is 4. The molecule has 4 amide bonds. The Kier molecular flexibility index (Phi) is 8.35. The molecule has 15 heteroatoms. The van der Waals surface area contributed by atoms with Crippen molar-refractivity contribution in [3.8, 4) is 23.0 Å². The lowest BCUT2D eigenvalue weighted by molar-refractivity contribution is -0.139. The first kappa shape index (κ1) is 33.4. The van der Waals surface area contributed by atoms with Crippen molar-refractivity contribution >= 4 is 40.8 Å². The van der Waals surface area contributed by atoms with Crippen molar-refractivity contribution in [1.29, 1.82) is 0 Å². The van der Waals surface area contributed by atoms with Crippen LogP contribution in [0.1, 0.15) is 27.0 Å². The zero-order valence-corrected chi connectivity index (χ0v) is 24.9. The Morgan fingerprint density at radius 1 is 0.480 bits per heavy atom. The summed E-state index contributed by atoms with van der Waals surface area (Å²) in [5.74, 6) is -5.11. The van der Waals surface area contributed by atoms with Crippen molar-refractivity contribution in [3.05, 3.63) is 131 Å². The molecule has 0 aromatic heterocycles. The topological polar surface area (TPSA) is 110 Å². The molecule has 4 aromatic rings. The van der Waals surface area contributed by atoms with E-state index in [1.165, 1.54) is 48.5 Å². The normalized spacial score (nSPS) is 14.6. The maximum atomic E-state index is 13.9. The fraction of sp³-hybridized carbons (Fsp3) is 0.0571. The van der Waals surface area contributed by atoms with E-state index >= 15 is 0 Å². The molecule has 2 aliphatic heterocycles. The lowest BCUT2D eigenvalue weighted by Gasteiger charge is -2.19. The molecular weight excluding hydrogens is 674 g/mol. The quantitative estimate of drug-likeness (QED) is 0.108. The van der Waals surface area contributed by atoms with Gasteiger partial charge in [0.05, 0.1) is 11.4 Å². The molecule has 0 unspecified atom stereocenters. The van der Waals surface area contributed by atoms with Gasteiger partial charge in [0.1, 0.15) is 34.1 Å². The number of ketones is 1. The van der Waals surface area contributed by atoms with E-state index in [1.807, 2.05) is 0 Å². The minimum Gasteiger partial charge on any atom is -0.457 e. The summed E-state index contributed by atoms with van der Waals surface area (Å²) in [5.41, 5.74) is -2.90. The van der Waals surface area contributed by atoms with Gasteiger partial charge < -0.3 is 9.47 Å². The number of alkyl halides is 6. The predicted octanol–water partition coefficient (Wildman–Crippen LogP) is 7.40. The van der Waals surface area contributed by atoms with Gasteiger partial charge in [0.2, 0.25) is 0 Å². The smallest absolute Gasteiger partial charge is 0.420 e. The number of ether oxygens (including phenoxy) is 2. The van der Waals surface area contributed by atoms with Gasteiger partial charge in [-0.3, -0.25) is 24.0 Å². The van der Waals surface area contributed by atoms with E-state index in [9.17, 15) is 50.3 Å². The minimum atomic E-state index is -4.92. The van der Waals surface area contributed by atoms with Gasteiger partial charge in [-0.1, -0.05) is 0 Å². The Hall–Kier alpha value is -6.51. The van der Waals surface area contributed by atoms with Gasteiger partial charge in [0.15, 0.2) is 5.78 Å². The molecule has 2 aliphatic rings. The maximum Gasteiger partial charge on any atom is 0.420 e. The van der Waals surface area contributed by atoms with Crippen molar-refractivity contribution in [3.63, 3.8) is 0 Å². The summed E-state index contributed by atoms with van der Waals surface area (Å²) in [6.07, 6.45) is -6.10. The molecule has 6 rings (SSSR count). The molecule has 9 nitrogen and oxygen atoms in total. The first-order chi connectivity index (χ1) is 23.6. The second kappa shape index (κ2) is 12.5. The van der Waals surface area contributed by atoms with Crippen LogP contribution < -0.4 is 19.3 Å². The molecule has 0 fully saturated rings. The van der Waals surface area contributed by atoms with Crippen molar-refractivity contribution in [1.82, 2.24) is 0 Å². The number of carbonyl (C=O) groups excluding carboxylic acids is 5. The monoisotopic (exact) mass is 692 g/mol. The highest BCUT2D eigenvalue weighted by Crippen LogP contribution is 2.42. The fourth-order valence-electron chi connectivity index (χ4n) is 5.01. The van der Waals surface area contributed by atoms with Crippen molar-refractivity contribution in [2.24, 2.45) is 0 Å². The first-order valence-corrected chi connectivity index (χ1v) is 14.3. The van der Waals surface area contributed by atoms with Gasteiger partial charge in [-0.2, -0.15) is 26.3 Å². The minimum absolute atomic E-state index is 0.0697. The number of halogens is 6. The maximum absolute atomic E-state index is 13.9. The van der Waals surface area contributed by atoms with Crippen LogP contribution in [0.15, 0.2) is 109 Å². The van der Waals surface area contributed by atoms with Gasteiger partial charge in [0, 0.05) is 35.4 Å². The molecule has 0 spiro atoms. The lowest BCUT2D eigenvalue weighted by atomic mass is 10.0. The summed E-state index contributed by atoms with van der Waals surface area (Å²) in [6, 6.07) is 15.5. The highest BCUT2D eigenvalue weighted by atomic mass is 19.4. The highest BCUT2D eigenvalue weighted by molar-refractivity contribution is 6.28. The zero-order valence-electron chi connectivity index (χ0n) is 24.9. The van der Waals surface area contributed by atoms with E-state index in [1.54, 1.807) is 0 Å². The SMILES string of the molecule is O=C(c1ccc(Oc2ccc(N3C(=O)C=CC3=O)cc2C(F)(F)F)cc1)c1ccc(Oc2ccc(N3C(=O)C=CC3=O)cc2C(F)(F)F)cc1. The van der Waals surface area contributed by atoms with Gasteiger partial charge >= 0.3 is 12.4 Å². The number of hydrogen-bond acceptors (Lipinski definition) is 7. The van der Waals surface area contributed by atoms with Crippen LogP contribution in [0.25, 0.3) is 0 Å². The van der Waals surface area contributed by atoms with E-state index in [2.05, 4.69) is 0 Å². The molecule has 0 bridgehead atoms. The summed E-state index contributed by atoms with van der Waals surface area (Å²) in [5, 5.41) is 0. The summed E-state index contributed by atoms with van der Waals surface area (Å²) in [4.78, 5) is 61.9. The van der Waals surface area contributed by atoms with Crippen molar-refractivity contribution < 1.29 is 59.8 Å². The van der Waals surface area contributed by atoms with Crippen LogP contribution in [-0.2, 0) is 31.5 Å². The summed E-state index contributed by atoms with van der Waals surface area (Å²) in [6.45, 7) is 0. The Bertz CT molecular complexity index is 1950. The Labute approximate surface area is 277 Å². The largest absolute Gasteiger partial charge is 0.457 e. The fourth-order valence-corrected chi connectivity index (χ4v) is 5.01. The third-order valence-electron chi connectivity index (χ3n) is 7.36. The molecule has 252 valence electrons. The van der Waals surface area contributed by atoms with Gasteiger partial charge in [-0.15, -0.1) is 0 Å². The molecule has 0 atom stereocenters. The third kappa shape index (κ3) is 6.60. The number of anilines is 2. The average Bonchev–Trinajstić information content (AvgIpc) is 3.59. The number of imide groups is 2. The van der Waals surface area contributed by atoms with Crippen LogP contribution in [0.3, 0.4) is 0 Å².